The highest BCUT2D eigenvalue weighted by Crippen LogP contribution is 2.36. The molecule has 0 aliphatic carbocycles. The highest BCUT2D eigenvalue weighted by Gasteiger charge is 2.38. The molecule has 19 heavy (non-hydrogen) atoms. The van der Waals surface area contributed by atoms with Crippen molar-refractivity contribution in [3.63, 3.8) is 0 Å². The zero-order valence-corrected chi connectivity index (χ0v) is 13.7. The van der Waals surface area contributed by atoms with Gasteiger partial charge < -0.3 is 5.11 Å². The Morgan fingerprint density at radius 2 is 2.16 bits per heavy atom. The standard InChI is InChI=1S/C11H14BrNO4S2/c1-6-3-7(2)13(5-6)19(16,17)9-4-8(11(14)15)18-10(9)12/h4,6-7H,3,5H2,1-2H3,(H,14,15). The van der Waals surface area contributed by atoms with Crippen LogP contribution in [0.15, 0.2) is 14.7 Å². The number of aromatic carboxylic acids is 1. The van der Waals surface area contributed by atoms with Crippen LogP contribution < -0.4 is 0 Å². The molecule has 0 radical (unpaired) electrons. The van der Waals surface area contributed by atoms with Crippen LogP contribution in [-0.2, 0) is 10.0 Å². The molecule has 5 nitrogen and oxygen atoms in total. The molecule has 1 fully saturated rings. The van der Waals surface area contributed by atoms with Crippen LogP contribution in [0.4, 0.5) is 0 Å². The topological polar surface area (TPSA) is 74.7 Å². The molecule has 2 unspecified atom stereocenters. The van der Waals surface area contributed by atoms with Gasteiger partial charge in [-0.25, -0.2) is 13.2 Å². The molecule has 0 spiro atoms. The lowest BCUT2D eigenvalue weighted by Gasteiger charge is -2.20. The van der Waals surface area contributed by atoms with Crippen molar-refractivity contribution >= 4 is 43.3 Å². The number of thiophene rings is 1. The molecule has 0 amide bonds. The first-order chi connectivity index (χ1) is 8.73. The number of carboxylic acid groups (broad SMARTS) is 1. The first-order valence-corrected chi connectivity index (χ1v) is 8.83. The van der Waals surface area contributed by atoms with E-state index in [-0.39, 0.29) is 15.8 Å². The van der Waals surface area contributed by atoms with Gasteiger partial charge in [0, 0.05) is 12.6 Å². The summed E-state index contributed by atoms with van der Waals surface area (Å²) >= 11 is 4.07. The van der Waals surface area contributed by atoms with E-state index in [0.717, 1.165) is 17.8 Å². The Morgan fingerprint density at radius 1 is 1.53 bits per heavy atom. The second kappa shape index (κ2) is 5.16. The average molecular weight is 368 g/mol. The SMILES string of the molecule is CC1CC(C)N(S(=O)(=O)c2cc(C(=O)O)sc2Br)C1. The van der Waals surface area contributed by atoms with Gasteiger partial charge in [-0.3, -0.25) is 0 Å². The number of hydrogen-bond acceptors (Lipinski definition) is 4. The molecule has 8 heteroatoms. The Bertz CT molecular complexity index is 610. The Morgan fingerprint density at radius 3 is 2.58 bits per heavy atom. The predicted molar refractivity (Wildman–Crippen MR) is 76.1 cm³/mol. The number of sulfonamides is 1. The molecule has 0 bridgehead atoms. The zero-order chi connectivity index (χ0) is 14.4. The maximum atomic E-state index is 12.6. The van der Waals surface area contributed by atoms with Crippen molar-refractivity contribution in [1.29, 1.82) is 0 Å². The molecule has 2 atom stereocenters. The van der Waals surface area contributed by atoms with E-state index in [0.29, 0.717) is 16.2 Å². The molecular formula is C11H14BrNO4S2. The molecule has 0 aromatic carbocycles. The van der Waals surface area contributed by atoms with Crippen LogP contribution in [0.5, 0.6) is 0 Å². The number of rotatable bonds is 3. The summed E-state index contributed by atoms with van der Waals surface area (Å²) in [5, 5.41) is 8.93. The first-order valence-electron chi connectivity index (χ1n) is 5.78. The fraction of sp³-hybridized carbons (Fsp3) is 0.545. The van der Waals surface area contributed by atoms with Crippen LogP contribution in [0.3, 0.4) is 0 Å². The van der Waals surface area contributed by atoms with Crippen LogP contribution in [-0.4, -0.2) is 36.4 Å². The van der Waals surface area contributed by atoms with Crippen LogP contribution in [0, 0.1) is 5.92 Å². The Labute approximate surface area is 124 Å². The van der Waals surface area contributed by atoms with E-state index >= 15 is 0 Å². The lowest BCUT2D eigenvalue weighted by molar-refractivity contribution is 0.0702. The van der Waals surface area contributed by atoms with Crippen molar-refractivity contribution in [2.45, 2.75) is 31.2 Å². The van der Waals surface area contributed by atoms with Crippen molar-refractivity contribution < 1.29 is 18.3 Å². The monoisotopic (exact) mass is 367 g/mol. The highest BCUT2D eigenvalue weighted by molar-refractivity contribution is 9.11. The lowest BCUT2D eigenvalue weighted by Crippen LogP contribution is -2.33. The number of halogens is 1. The number of hydrogen-bond donors (Lipinski definition) is 1. The highest BCUT2D eigenvalue weighted by atomic mass is 79.9. The Balaban J connectivity index is 2.42. The third-order valence-electron chi connectivity index (χ3n) is 3.18. The van der Waals surface area contributed by atoms with Gasteiger partial charge in [-0.1, -0.05) is 6.92 Å². The van der Waals surface area contributed by atoms with Crippen molar-refractivity contribution in [3.8, 4) is 0 Å². The third kappa shape index (κ3) is 2.72. The van der Waals surface area contributed by atoms with Crippen LogP contribution in [0.2, 0.25) is 0 Å². The van der Waals surface area contributed by atoms with Gasteiger partial charge in [-0.2, -0.15) is 4.31 Å². The smallest absolute Gasteiger partial charge is 0.345 e. The van der Waals surface area contributed by atoms with Crippen LogP contribution in [0.1, 0.15) is 29.9 Å². The zero-order valence-electron chi connectivity index (χ0n) is 10.5. The van der Waals surface area contributed by atoms with Crippen LogP contribution >= 0.6 is 27.3 Å². The molecule has 1 aromatic heterocycles. The van der Waals surface area contributed by atoms with Gasteiger partial charge in [0.15, 0.2) is 0 Å². The van der Waals surface area contributed by atoms with Gasteiger partial charge >= 0.3 is 5.97 Å². The van der Waals surface area contributed by atoms with Gasteiger partial charge in [-0.15, -0.1) is 11.3 Å². The molecule has 0 saturated carbocycles. The fourth-order valence-corrected chi connectivity index (χ4v) is 6.47. The maximum Gasteiger partial charge on any atom is 0.345 e. The third-order valence-corrected chi connectivity index (χ3v) is 7.40. The molecule has 106 valence electrons. The molecule has 2 heterocycles. The second-order valence-electron chi connectivity index (χ2n) is 4.82. The summed E-state index contributed by atoms with van der Waals surface area (Å²) in [4.78, 5) is 11.0. The molecule has 2 rings (SSSR count). The quantitative estimate of drug-likeness (QED) is 0.890. The van der Waals surface area contributed by atoms with Gasteiger partial charge in [0.2, 0.25) is 10.0 Å². The van der Waals surface area contributed by atoms with Gasteiger partial charge in [0.25, 0.3) is 0 Å². The molecule has 1 aliphatic rings. The number of nitrogens with zero attached hydrogens (tertiary/aromatic N) is 1. The van der Waals surface area contributed by atoms with Gasteiger partial charge in [-0.05, 0) is 41.3 Å². The van der Waals surface area contributed by atoms with Crippen LogP contribution in [0.25, 0.3) is 0 Å². The summed E-state index contributed by atoms with van der Waals surface area (Å²) < 4.78 is 26.9. The summed E-state index contributed by atoms with van der Waals surface area (Å²) in [6, 6.07) is 1.17. The van der Waals surface area contributed by atoms with Crippen molar-refractivity contribution in [2.24, 2.45) is 5.92 Å². The Kier molecular flexibility index (Phi) is 4.06. The summed E-state index contributed by atoms with van der Waals surface area (Å²) in [7, 11) is -3.63. The number of carbonyl (C=O) groups is 1. The molecular weight excluding hydrogens is 354 g/mol. The van der Waals surface area contributed by atoms with E-state index in [1.165, 1.54) is 10.4 Å². The average Bonchev–Trinajstić information content (AvgIpc) is 2.82. The van der Waals surface area contributed by atoms with E-state index < -0.39 is 16.0 Å². The van der Waals surface area contributed by atoms with E-state index in [1.54, 1.807) is 0 Å². The largest absolute Gasteiger partial charge is 0.477 e. The number of carboxylic acids is 1. The van der Waals surface area contributed by atoms with Crippen molar-refractivity contribution in [1.82, 2.24) is 4.31 Å². The van der Waals surface area contributed by atoms with Crippen molar-refractivity contribution in [2.75, 3.05) is 6.54 Å². The van der Waals surface area contributed by atoms with E-state index in [2.05, 4.69) is 15.9 Å². The lowest BCUT2D eigenvalue weighted by atomic mass is 10.1. The normalized spacial score (nSPS) is 24.8. The first kappa shape index (κ1) is 15.0. The van der Waals surface area contributed by atoms with Gasteiger partial charge in [0.1, 0.15) is 9.77 Å². The summed E-state index contributed by atoms with van der Waals surface area (Å²) in [6.45, 7) is 4.37. The fourth-order valence-electron chi connectivity index (χ4n) is 2.36. The minimum Gasteiger partial charge on any atom is -0.477 e. The van der Waals surface area contributed by atoms with Gasteiger partial charge in [0.05, 0.1) is 3.79 Å². The van der Waals surface area contributed by atoms with E-state index in [4.69, 9.17) is 5.11 Å². The molecule has 1 saturated heterocycles. The maximum absolute atomic E-state index is 12.6. The Hall–Kier alpha value is -0.440. The minimum atomic E-state index is -3.63. The van der Waals surface area contributed by atoms with E-state index in [1.807, 2.05) is 13.8 Å². The summed E-state index contributed by atoms with van der Waals surface area (Å²) in [5.74, 6) is -0.795. The van der Waals surface area contributed by atoms with E-state index in [9.17, 15) is 13.2 Å². The predicted octanol–water partition coefficient (Wildman–Crippen LogP) is 2.63. The molecule has 1 aliphatic heterocycles. The summed E-state index contributed by atoms with van der Waals surface area (Å²) in [6.07, 6.45) is 0.826. The second-order valence-corrected chi connectivity index (χ2v) is 9.05. The molecule has 1 aromatic rings. The minimum absolute atomic E-state index is 0.0188. The molecule has 1 N–H and O–H groups in total. The van der Waals surface area contributed by atoms with Crippen molar-refractivity contribution in [3.05, 3.63) is 14.7 Å². The summed E-state index contributed by atoms with van der Waals surface area (Å²) in [5.41, 5.74) is 0.